The number of carbonyl (C=O) groups is 2. The van der Waals surface area contributed by atoms with Crippen LogP contribution in [0.1, 0.15) is 56.5 Å². The Balaban J connectivity index is 1.77. The Morgan fingerprint density at radius 3 is 2.45 bits per heavy atom. The third kappa shape index (κ3) is 6.73. The highest BCUT2D eigenvalue weighted by Crippen LogP contribution is 2.38. The number of hydrogen-bond acceptors (Lipinski definition) is 5. The van der Waals surface area contributed by atoms with Gasteiger partial charge in [0.05, 0.1) is 12.2 Å². The zero-order valence-electron chi connectivity index (χ0n) is 18.1. The summed E-state index contributed by atoms with van der Waals surface area (Å²) in [6.07, 6.45) is 2.66. The lowest BCUT2D eigenvalue weighted by Gasteiger charge is -2.27. The van der Waals surface area contributed by atoms with E-state index in [-0.39, 0.29) is 11.7 Å². The number of ether oxygens (including phenoxy) is 1. The van der Waals surface area contributed by atoms with Crippen molar-refractivity contribution >= 4 is 80.3 Å². The predicted octanol–water partition coefficient (Wildman–Crippen LogP) is 5.52. The van der Waals surface area contributed by atoms with Crippen molar-refractivity contribution in [3.8, 4) is 0 Å². The van der Waals surface area contributed by atoms with Gasteiger partial charge in [0.1, 0.15) is 11.2 Å². The average molecular weight is 549 g/mol. The minimum atomic E-state index is -1.90. The number of rotatable bonds is 6. The highest BCUT2D eigenvalue weighted by atomic mass is 35.6. The molecule has 11 heteroatoms. The van der Waals surface area contributed by atoms with Crippen molar-refractivity contribution < 1.29 is 14.3 Å². The van der Waals surface area contributed by atoms with Gasteiger partial charge in [-0.2, -0.15) is 0 Å². The van der Waals surface area contributed by atoms with Crippen LogP contribution in [-0.4, -0.2) is 33.6 Å². The number of anilines is 1. The van der Waals surface area contributed by atoms with Gasteiger partial charge in [-0.25, -0.2) is 4.79 Å². The van der Waals surface area contributed by atoms with Crippen LogP contribution >= 0.6 is 58.4 Å². The fourth-order valence-corrected chi connectivity index (χ4v) is 5.36. The zero-order valence-corrected chi connectivity index (χ0v) is 22.0. The van der Waals surface area contributed by atoms with Crippen LogP contribution in [0.25, 0.3) is 0 Å². The molecule has 1 amide bonds. The van der Waals surface area contributed by atoms with E-state index < -0.39 is 21.8 Å². The number of alkyl halides is 3. The monoisotopic (exact) mass is 547 g/mol. The van der Waals surface area contributed by atoms with Crippen molar-refractivity contribution in [2.75, 3.05) is 11.9 Å². The number of hydrogen-bond donors (Lipinski definition) is 3. The van der Waals surface area contributed by atoms with E-state index in [0.29, 0.717) is 16.1 Å². The first-order valence-electron chi connectivity index (χ1n) is 10.4. The standard InChI is InChI=1S/C22H24Cl3N3O3S2/c1-3-31-19(30)16-14-6-4-5-7-15(14)33-18(16)27-21(32)28-20(22(23,24)25)26-17(29)13-10-8-12(2)9-11-13/h8-11,20H,3-7H2,1-2H3,(H,26,29)(H2,27,28,32). The fraction of sp³-hybridized carbons (Fsp3) is 0.409. The summed E-state index contributed by atoms with van der Waals surface area (Å²) in [6, 6.07) is 6.99. The summed E-state index contributed by atoms with van der Waals surface area (Å²) in [7, 11) is 0. The highest BCUT2D eigenvalue weighted by Gasteiger charge is 2.35. The molecule has 1 unspecified atom stereocenters. The molecule has 1 aliphatic carbocycles. The second-order valence-corrected chi connectivity index (χ2v) is 11.4. The molecule has 33 heavy (non-hydrogen) atoms. The van der Waals surface area contributed by atoms with Gasteiger partial charge in [-0.05, 0) is 69.4 Å². The molecule has 3 N–H and O–H groups in total. The molecule has 0 saturated heterocycles. The number of esters is 1. The molecule has 0 fully saturated rings. The van der Waals surface area contributed by atoms with Crippen LogP contribution in [0.5, 0.6) is 0 Å². The first kappa shape index (κ1) is 26.0. The maximum atomic E-state index is 12.7. The normalized spacial score (nSPS) is 14.1. The summed E-state index contributed by atoms with van der Waals surface area (Å²) < 4.78 is 3.37. The summed E-state index contributed by atoms with van der Waals surface area (Å²) in [4.78, 5) is 26.4. The molecule has 1 aliphatic rings. The van der Waals surface area contributed by atoms with Crippen LogP contribution in [0.3, 0.4) is 0 Å². The van der Waals surface area contributed by atoms with Crippen LogP contribution < -0.4 is 16.0 Å². The van der Waals surface area contributed by atoms with E-state index in [4.69, 9.17) is 51.8 Å². The van der Waals surface area contributed by atoms with E-state index in [1.165, 1.54) is 11.3 Å². The van der Waals surface area contributed by atoms with Gasteiger partial charge in [-0.1, -0.05) is 52.5 Å². The number of nitrogens with one attached hydrogen (secondary N) is 3. The van der Waals surface area contributed by atoms with Gasteiger partial charge < -0.3 is 20.7 Å². The van der Waals surface area contributed by atoms with Crippen LogP contribution in [0.4, 0.5) is 5.00 Å². The first-order chi connectivity index (χ1) is 15.6. The molecule has 0 spiro atoms. The Hall–Kier alpha value is -1.58. The smallest absolute Gasteiger partial charge is 0.341 e. The number of thiophene rings is 1. The number of aryl methyl sites for hydroxylation is 2. The van der Waals surface area contributed by atoms with Gasteiger partial charge in [0, 0.05) is 10.4 Å². The van der Waals surface area contributed by atoms with Gasteiger partial charge in [0.25, 0.3) is 5.91 Å². The molecule has 0 saturated carbocycles. The Bertz CT molecular complexity index is 1040. The number of carbonyl (C=O) groups excluding carboxylic acids is 2. The molecule has 0 radical (unpaired) electrons. The molecule has 1 aromatic carbocycles. The SMILES string of the molecule is CCOC(=O)c1c(NC(=S)NC(NC(=O)c2ccc(C)cc2)C(Cl)(Cl)Cl)sc2c1CCCC2. The molecule has 178 valence electrons. The first-order valence-corrected chi connectivity index (χ1v) is 12.8. The van der Waals surface area contributed by atoms with Gasteiger partial charge in [-0.15, -0.1) is 11.3 Å². The molecule has 0 aliphatic heterocycles. The summed E-state index contributed by atoms with van der Waals surface area (Å²) in [5.41, 5.74) is 2.93. The van der Waals surface area contributed by atoms with Crippen molar-refractivity contribution in [3.05, 3.63) is 51.4 Å². The lowest BCUT2D eigenvalue weighted by atomic mass is 9.95. The molecular weight excluding hydrogens is 525 g/mol. The van der Waals surface area contributed by atoms with E-state index in [9.17, 15) is 9.59 Å². The van der Waals surface area contributed by atoms with Gasteiger partial charge in [-0.3, -0.25) is 4.79 Å². The third-order valence-electron chi connectivity index (χ3n) is 5.07. The van der Waals surface area contributed by atoms with Crippen LogP contribution in [0, 0.1) is 6.92 Å². The highest BCUT2D eigenvalue weighted by molar-refractivity contribution is 7.80. The lowest BCUT2D eigenvalue weighted by Crippen LogP contribution is -2.56. The van der Waals surface area contributed by atoms with E-state index in [1.807, 2.05) is 19.1 Å². The van der Waals surface area contributed by atoms with Gasteiger partial charge >= 0.3 is 5.97 Å². The van der Waals surface area contributed by atoms with Crippen molar-refractivity contribution in [3.63, 3.8) is 0 Å². The average Bonchev–Trinajstić information content (AvgIpc) is 3.10. The van der Waals surface area contributed by atoms with Crippen molar-refractivity contribution in [1.29, 1.82) is 0 Å². The van der Waals surface area contributed by atoms with E-state index in [1.54, 1.807) is 19.1 Å². The predicted molar refractivity (Wildman–Crippen MR) is 139 cm³/mol. The topological polar surface area (TPSA) is 79.5 Å². The molecule has 1 atom stereocenters. The largest absolute Gasteiger partial charge is 0.462 e. The Kier molecular flexibility index (Phi) is 8.86. The molecular formula is C22H24Cl3N3O3S2. The Morgan fingerprint density at radius 1 is 1.15 bits per heavy atom. The number of benzene rings is 1. The third-order valence-corrected chi connectivity index (χ3v) is 7.15. The second-order valence-electron chi connectivity index (χ2n) is 7.55. The van der Waals surface area contributed by atoms with Crippen molar-refractivity contribution in [2.45, 2.75) is 49.5 Å². The molecule has 1 aromatic heterocycles. The Labute approximate surface area is 217 Å². The van der Waals surface area contributed by atoms with Crippen LogP contribution in [0.15, 0.2) is 24.3 Å². The summed E-state index contributed by atoms with van der Waals surface area (Å²) in [6.45, 7) is 3.95. The number of amides is 1. The molecule has 0 bridgehead atoms. The van der Waals surface area contributed by atoms with Crippen LogP contribution in [0.2, 0.25) is 0 Å². The molecule has 1 heterocycles. The lowest BCUT2D eigenvalue weighted by molar-refractivity contribution is 0.0526. The maximum Gasteiger partial charge on any atom is 0.341 e. The number of halogens is 3. The van der Waals surface area contributed by atoms with E-state index >= 15 is 0 Å². The zero-order chi connectivity index (χ0) is 24.2. The van der Waals surface area contributed by atoms with E-state index in [2.05, 4.69) is 16.0 Å². The van der Waals surface area contributed by atoms with E-state index in [0.717, 1.165) is 41.7 Å². The maximum absolute atomic E-state index is 12.7. The number of thiocarbonyl (C=S) groups is 1. The summed E-state index contributed by atoms with van der Waals surface area (Å²) in [5, 5.41) is 9.21. The second kappa shape index (κ2) is 11.2. The Morgan fingerprint density at radius 2 is 1.82 bits per heavy atom. The van der Waals surface area contributed by atoms with Crippen LogP contribution in [-0.2, 0) is 17.6 Å². The fourth-order valence-electron chi connectivity index (χ4n) is 3.46. The molecule has 3 rings (SSSR count). The molecule has 6 nitrogen and oxygen atoms in total. The summed E-state index contributed by atoms with van der Waals surface area (Å²) in [5.74, 6) is -0.826. The minimum absolute atomic E-state index is 0.0969. The number of fused-ring (bicyclic) bond motifs is 1. The van der Waals surface area contributed by atoms with Crippen molar-refractivity contribution in [1.82, 2.24) is 10.6 Å². The van der Waals surface area contributed by atoms with Gasteiger partial charge in [0.2, 0.25) is 3.79 Å². The van der Waals surface area contributed by atoms with Gasteiger partial charge in [0.15, 0.2) is 5.11 Å². The molecule has 2 aromatic rings. The van der Waals surface area contributed by atoms with Crippen molar-refractivity contribution in [2.24, 2.45) is 0 Å². The minimum Gasteiger partial charge on any atom is -0.462 e. The summed E-state index contributed by atoms with van der Waals surface area (Å²) >= 11 is 25.2. The quantitative estimate of drug-likeness (QED) is 0.191.